The van der Waals surface area contributed by atoms with Crippen LogP contribution in [-0.2, 0) is 4.74 Å². The summed E-state index contributed by atoms with van der Waals surface area (Å²) in [6.45, 7) is 9.71. The normalized spacial score (nSPS) is 26.0. The summed E-state index contributed by atoms with van der Waals surface area (Å²) >= 11 is 0. The van der Waals surface area contributed by atoms with Crippen LogP contribution in [0.25, 0.3) is 0 Å². The fourth-order valence-corrected chi connectivity index (χ4v) is 1.97. The first kappa shape index (κ1) is 12.9. The van der Waals surface area contributed by atoms with E-state index < -0.39 is 0 Å². The van der Waals surface area contributed by atoms with Gasteiger partial charge in [0, 0.05) is 13.2 Å². The molecule has 0 spiro atoms. The zero-order valence-electron chi connectivity index (χ0n) is 10.3. The van der Waals surface area contributed by atoms with Crippen molar-refractivity contribution >= 4 is 0 Å². The molecule has 2 N–H and O–H groups in total. The standard InChI is InChI=1S/C12H26N2O/c1-3-7-13-8-5-9-14-11-12(2)6-4-10-15-12/h13-14H,3-11H2,1-2H3. The van der Waals surface area contributed by atoms with E-state index in [2.05, 4.69) is 24.5 Å². The third kappa shape index (κ3) is 5.50. The van der Waals surface area contributed by atoms with E-state index in [1.807, 2.05) is 0 Å². The van der Waals surface area contributed by atoms with Gasteiger partial charge < -0.3 is 15.4 Å². The third-order valence-electron chi connectivity index (χ3n) is 2.93. The minimum Gasteiger partial charge on any atom is -0.374 e. The topological polar surface area (TPSA) is 33.3 Å². The Morgan fingerprint density at radius 1 is 1.20 bits per heavy atom. The van der Waals surface area contributed by atoms with Crippen LogP contribution >= 0.6 is 0 Å². The molecule has 1 saturated heterocycles. The highest BCUT2D eigenvalue weighted by Gasteiger charge is 2.28. The van der Waals surface area contributed by atoms with Gasteiger partial charge in [-0.15, -0.1) is 0 Å². The summed E-state index contributed by atoms with van der Waals surface area (Å²) in [6.07, 6.45) is 4.85. The summed E-state index contributed by atoms with van der Waals surface area (Å²) in [4.78, 5) is 0. The molecule has 1 heterocycles. The van der Waals surface area contributed by atoms with E-state index in [4.69, 9.17) is 4.74 Å². The van der Waals surface area contributed by atoms with Gasteiger partial charge >= 0.3 is 0 Å². The molecule has 0 radical (unpaired) electrons. The van der Waals surface area contributed by atoms with Gasteiger partial charge in [-0.25, -0.2) is 0 Å². The van der Waals surface area contributed by atoms with E-state index in [0.29, 0.717) is 0 Å². The Bertz CT molecular complexity index is 156. The van der Waals surface area contributed by atoms with E-state index in [1.54, 1.807) is 0 Å². The van der Waals surface area contributed by atoms with Crippen LogP contribution in [0.1, 0.15) is 39.5 Å². The van der Waals surface area contributed by atoms with Gasteiger partial charge in [0.25, 0.3) is 0 Å². The van der Waals surface area contributed by atoms with E-state index in [-0.39, 0.29) is 5.60 Å². The van der Waals surface area contributed by atoms with Gasteiger partial charge in [0.2, 0.25) is 0 Å². The van der Waals surface area contributed by atoms with E-state index in [0.717, 1.165) is 32.8 Å². The predicted octanol–water partition coefficient (Wildman–Crippen LogP) is 1.53. The lowest BCUT2D eigenvalue weighted by Crippen LogP contribution is -2.38. The molecule has 0 aromatic heterocycles. The average Bonchev–Trinajstić information content (AvgIpc) is 2.64. The van der Waals surface area contributed by atoms with Crippen LogP contribution in [0.4, 0.5) is 0 Å². The molecular formula is C12H26N2O. The van der Waals surface area contributed by atoms with Crippen molar-refractivity contribution < 1.29 is 4.74 Å². The van der Waals surface area contributed by atoms with Crippen LogP contribution in [0.5, 0.6) is 0 Å². The molecule has 1 aliphatic heterocycles. The molecule has 15 heavy (non-hydrogen) atoms. The molecule has 1 unspecified atom stereocenters. The first-order valence-corrected chi connectivity index (χ1v) is 6.32. The first-order valence-electron chi connectivity index (χ1n) is 6.32. The SMILES string of the molecule is CCCNCCCNCC1(C)CCCO1. The molecule has 0 aliphatic carbocycles. The van der Waals surface area contributed by atoms with Crippen molar-refractivity contribution in [3.63, 3.8) is 0 Å². The number of ether oxygens (including phenoxy) is 1. The van der Waals surface area contributed by atoms with Crippen LogP contribution in [-0.4, -0.2) is 38.4 Å². The zero-order valence-corrected chi connectivity index (χ0v) is 10.3. The van der Waals surface area contributed by atoms with Gasteiger partial charge in [0.15, 0.2) is 0 Å². The molecule has 0 aromatic rings. The highest BCUT2D eigenvalue weighted by molar-refractivity contribution is 4.82. The van der Waals surface area contributed by atoms with Crippen molar-refractivity contribution in [1.82, 2.24) is 10.6 Å². The maximum atomic E-state index is 5.71. The minimum atomic E-state index is 0.108. The van der Waals surface area contributed by atoms with Crippen LogP contribution < -0.4 is 10.6 Å². The highest BCUT2D eigenvalue weighted by Crippen LogP contribution is 2.23. The molecule has 0 amide bonds. The molecule has 90 valence electrons. The van der Waals surface area contributed by atoms with Crippen molar-refractivity contribution in [3.8, 4) is 0 Å². The van der Waals surface area contributed by atoms with Crippen molar-refractivity contribution in [2.75, 3.05) is 32.8 Å². The molecule has 0 saturated carbocycles. The average molecular weight is 214 g/mol. The second-order valence-corrected chi connectivity index (χ2v) is 4.68. The molecular weight excluding hydrogens is 188 g/mol. The molecule has 1 atom stereocenters. The molecule has 3 heteroatoms. The smallest absolute Gasteiger partial charge is 0.0779 e. The van der Waals surface area contributed by atoms with Crippen LogP contribution in [0, 0.1) is 0 Å². The Kier molecular flexibility index (Phi) is 6.22. The van der Waals surface area contributed by atoms with Crippen molar-refractivity contribution in [1.29, 1.82) is 0 Å². The van der Waals surface area contributed by atoms with Crippen molar-refractivity contribution in [2.45, 2.75) is 45.1 Å². The predicted molar refractivity (Wildman–Crippen MR) is 64.2 cm³/mol. The lowest BCUT2D eigenvalue weighted by atomic mass is 10.0. The maximum absolute atomic E-state index is 5.71. The second-order valence-electron chi connectivity index (χ2n) is 4.68. The Balaban J connectivity index is 1.88. The number of hydrogen-bond donors (Lipinski definition) is 2. The summed E-state index contributed by atoms with van der Waals surface area (Å²) in [7, 11) is 0. The lowest BCUT2D eigenvalue weighted by molar-refractivity contribution is 0.0210. The summed E-state index contributed by atoms with van der Waals surface area (Å²) in [5, 5.41) is 6.88. The van der Waals surface area contributed by atoms with E-state index in [1.165, 1.54) is 25.7 Å². The van der Waals surface area contributed by atoms with E-state index in [9.17, 15) is 0 Å². The van der Waals surface area contributed by atoms with Gasteiger partial charge in [-0.3, -0.25) is 0 Å². The largest absolute Gasteiger partial charge is 0.374 e. The quantitative estimate of drug-likeness (QED) is 0.601. The molecule has 1 rings (SSSR count). The molecule has 0 aromatic carbocycles. The Hall–Kier alpha value is -0.120. The Morgan fingerprint density at radius 3 is 2.67 bits per heavy atom. The fraction of sp³-hybridized carbons (Fsp3) is 1.00. The minimum absolute atomic E-state index is 0.108. The summed E-state index contributed by atoms with van der Waals surface area (Å²) in [6, 6.07) is 0. The first-order chi connectivity index (χ1) is 7.27. The van der Waals surface area contributed by atoms with Crippen LogP contribution in [0.2, 0.25) is 0 Å². The van der Waals surface area contributed by atoms with Crippen molar-refractivity contribution in [3.05, 3.63) is 0 Å². The Morgan fingerprint density at radius 2 is 2.00 bits per heavy atom. The second kappa shape index (κ2) is 7.20. The lowest BCUT2D eigenvalue weighted by Gasteiger charge is -2.23. The molecule has 1 aliphatic rings. The summed E-state index contributed by atoms with van der Waals surface area (Å²) < 4.78 is 5.71. The third-order valence-corrected chi connectivity index (χ3v) is 2.93. The molecule has 1 fully saturated rings. The fourth-order valence-electron chi connectivity index (χ4n) is 1.97. The molecule has 0 bridgehead atoms. The van der Waals surface area contributed by atoms with E-state index >= 15 is 0 Å². The van der Waals surface area contributed by atoms with Gasteiger partial charge in [-0.05, 0) is 52.2 Å². The van der Waals surface area contributed by atoms with Gasteiger partial charge in [-0.2, -0.15) is 0 Å². The monoisotopic (exact) mass is 214 g/mol. The number of rotatable bonds is 8. The Labute approximate surface area is 94.0 Å². The van der Waals surface area contributed by atoms with Gasteiger partial charge in [0.1, 0.15) is 0 Å². The number of nitrogens with one attached hydrogen (secondary N) is 2. The summed E-state index contributed by atoms with van der Waals surface area (Å²) in [5.41, 5.74) is 0.108. The highest BCUT2D eigenvalue weighted by atomic mass is 16.5. The molecule has 3 nitrogen and oxygen atoms in total. The number of hydrogen-bond acceptors (Lipinski definition) is 3. The van der Waals surface area contributed by atoms with Crippen molar-refractivity contribution in [2.24, 2.45) is 0 Å². The van der Waals surface area contributed by atoms with Crippen LogP contribution in [0.15, 0.2) is 0 Å². The maximum Gasteiger partial charge on any atom is 0.0779 e. The van der Waals surface area contributed by atoms with Crippen LogP contribution in [0.3, 0.4) is 0 Å². The zero-order chi connectivity index (χ0) is 11.0. The summed E-state index contributed by atoms with van der Waals surface area (Å²) in [5.74, 6) is 0. The van der Waals surface area contributed by atoms with Gasteiger partial charge in [0.05, 0.1) is 5.60 Å². The van der Waals surface area contributed by atoms with Gasteiger partial charge in [-0.1, -0.05) is 6.92 Å².